The van der Waals surface area contributed by atoms with Crippen LogP contribution in [0.1, 0.15) is 15.1 Å². The van der Waals surface area contributed by atoms with E-state index >= 15 is 0 Å². The number of fused-ring (bicyclic) bond motifs is 1. The van der Waals surface area contributed by atoms with E-state index in [1.165, 1.54) is 31.5 Å². The molecule has 0 amide bonds. The third kappa shape index (κ3) is 3.48. The van der Waals surface area contributed by atoms with Gasteiger partial charge in [0.15, 0.2) is 0 Å². The molecule has 2 aromatic rings. The summed E-state index contributed by atoms with van der Waals surface area (Å²) >= 11 is 0. The molecule has 0 aliphatic heterocycles. The van der Waals surface area contributed by atoms with Crippen LogP contribution in [0.4, 0.5) is 0 Å². The average Bonchev–Trinajstić information content (AvgIpc) is 2.87. The van der Waals surface area contributed by atoms with E-state index in [2.05, 4.69) is 4.18 Å². The van der Waals surface area contributed by atoms with Gasteiger partial charge in [-0.25, -0.2) is 0 Å². The summed E-state index contributed by atoms with van der Waals surface area (Å²) in [6, 6.07) is 6.11. The molecule has 0 aliphatic rings. The molecule has 1 aromatic carbocycles. The molecule has 1 heterocycles. The quantitative estimate of drug-likeness (QED) is 0.790. The molecule has 0 fully saturated rings. The minimum Gasteiger partial charge on any atom is -0.497 e. The van der Waals surface area contributed by atoms with E-state index in [9.17, 15) is 8.42 Å². The van der Waals surface area contributed by atoms with Crippen LogP contribution in [0, 0.1) is 0 Å². The molecule has 0 N–H and O–H groups in total. The van der Waals surface area contributed by atoms with Crippen LogP contribution in [0.15, 0.2) is 30.5 Å². The van der Waals surface area contributed by atoms with E-state index in [1.807, 2.05) is 0 Å². The SMILES string of the molecule is [2H]C([2H])([2H])C([2H])(OS(C)(=O)=O)C([2H])([2H])n1ccc2cc(OC)ccc21. The highest BCUT2D eigenvalue weighted by atomic mass is 32.2. The van der Waals surface area contributed by atoms with E-state index in [0.717, 1.165) is 4.57 Å². The van der Waals surface area contributed by atoms with Gasteiger partial charge in [0.1, 0.15) is 5.75 Å². The van der Waals surface area contributed by atoms with Gasteiger partial charge in [0.25, 0.3) is 10.1 Å². The van der Waals surface area contributed by atoms with Crippen molar-refractivity contribution in [1.82, 2.24) is 4.57 Å². The fourth-order valence-electron chi connectivity index (χ4n) is 1.62. The van der Waals surface area contributed by atoms with Crippen LogP contribution in [0.25, 0.3) is 10.9 Å². The number of methoxy groups -OCH3 is 1. The largest absolute Gasteiger partial charge is 0.497 e. The first kappa shape index (κ1) is 7.91. The molecule has 0 saturated carbocycles. The lowest BCUT2D eigenvalue weighted by Gasteiger charge is -2.13. The average molecular weight is 289 g/mol. The maximum absolute atomic E-state index is 11.5. The van der Waals surface area contributed by atoms with Crippen molar-refractivity contribution in [2.75, 3.05) is 13.4 Å². The van der Waals surface area contributed by atoms with Gasteiger partial charge in [-0.05, 0) is 31.1 Å². The molecule has 1 atom stereocenters. The van der Waals surface area contributed by atoms with Crippen molar-refractivity contribution in [3.63, 3.8) is 0 Å². The van der Waals surface area contributed by atoms with Crippen LogP contribution in [-0.4, -0.2) is 32.4 Å². The van der Waals surface area contributed by atoms with E-state index in [-0.39, 0.29) is 5.52 Å². The molecule has 6 heteroatoms. The molecule has 0 spiro atoms. The number of ether oxygens (including phenoxy) is 1. The molecule has 0 aliphatic carbocycles. The highest BCUT2D eigenvalue weighted by Gasteiger charge is 2.12. The highest BCUT2D eigenvalue weighted by Crippen LogP contribution is 2.22. The molecule has 0 saturated heterocycles. The van der Waals surface area contributed by atoms with Crippen LogP contribution < -0.4 is 4.74 Å². The molecular weight excluding hydrogens is 266 g/mol. The summed E-state index contributed by atoms with van der Waals surface area (Å²) in [5.41, 5.74) is 0.253. The van der Waals surface area contributed by atoms with Crippen molar-refractivity contribution in [3.05, 3.63) is 30.5 Å². The Balaban J connectivity index is 2.69. The number of rotatable bonds is 5. The second-order valence-corrected chi connectivity index (χ2v) is 5.41. The van der Waals surface area contributed by atoms with Crippen molar-refractivity contribution < 1.29 is 25.6 Å². The third-order valence-electron chi connectivity index (χ3n) is 2.35. The lowest BCUT2D eigenvalue weighted by Crippen LogP contribution is -2.19. The summed E-state index contributed by atoms with van der Waals surface area (Å²) in [6.45, 7) is -6.42. The lowest BCUT2D eigenvalue weighted by atomic mass is 10.2. The molecule has 19 heavy (non-hydrogen) atoms. The minimum atomic E-state index is -4.42. The Kier molecular flexibility index (Phi) is 2.18. The molecule has 0 bridgehead atoms. The maximum Gasteiger partial charge on any atom is 0.264 e. The van der Waals surface area contributed by atoms with Gasteiger partial charge in [-0.3, -0.25) is 4.18 Å². The predicted octanol–water partition coefficient (Wildman–Crippen LogP) is 2.01. The third-order valence-corrected chi connectivity index (χ3v) is 2.82. The van der Waals surface area contributed by atoms with E-state index in [4.69, 9.17) is 13.0 Å². The normalized spacial score (nSPS) is 21.4. The van der Waals surface area contributed by atoms with Crippen LogP contribution in [0.5, 0.6) is 5.75 Å². The van der Waals surface area contributed by atoms with Gasteiger partial charge in [0.2, 0.25) is 0 Å². The van der Waals surface area contributed by atoms with Gasteiger partial charge in [0.05, 0.1) is 30.1 Å². The molecule has 1 unspecified atom stereocenters. The number of nitrogens with zero attached hydrogens (tertiary/aromatic N) is 1. The van der Waals surface area contributed by atoms with E-state index in [0.29, 0.717) is 17.4 Å². The topological polar surface area (TPSA) is 57.5 Å². The second kappa shape index (κ2) is 5.22. The zero-order chi connectivity index (χ0) is 19.3. The zero-order valence-corrected chi connectivity index (χ0v) is 11.2. The van der Waals surface area contributed by atoms with Crippen molar-refractivity contribution >= 4 is 21.0 Å². The standard InChI is InChI=1S/C13H17NO4S/c1-10(18-19(3,15)16)9-14-7-6-11-8-12(17-2)4-5-13(11)14/h4-8,10H,9H2,1-3H3/i1D3,9D2,10D. The number of hydrogen-bond donors (Lipinski definition) is 0. The zero-order valence-electron chi connectivity index (χ0n) is 16.4. The summed E-state index contributed by atoms with van der Waals surface area (Å²) in [5, 5.41) is 0.524. The predicted molar refractivity (Wildman–Crippen MR) is 73.9 cm³/mol. The van der Waals surface area contributed by atoms with Crippen molar-refractivity contribution in [1.29, 1.82) is 0 Å². The summed E-state index contributed by atoms with van der Waals surface area (Å²) in [4.78, 5) is 0. The molecule has 0 radical (unpaired) electrons. The monoisotopic (exact) mass is 289 g/mol. The fraction of sp³-hybridized carbons (Fsp3) is 0.385. The summed E-state index contributed by atoms with van der Waals surface area (Å²) in [7, 11) is -2.96. The Morgan fingerprint density at radius 3 is 2.95 bits per heavy atom. The Labute approximate surface area is 121 Å². The second-order valence-electron chi connectivity index (χ2n) is 3.84. The molecule has 5 nitrogen and oxygen atoms in total. The van der Waals surface area contributed by atoms with E-state index in [1.54, 1.807) is 6.07 Å². The Morgan fingerprint density at radius 1 is 1.53 bits per heavy atom. The van der Waals surface area contributed by atoms with Crippen LogP contribution in [-0.2, 0) is 20.8 Å². The van der Waals surface area contributed by atoms with Gasteiger partial charge < -0.3 is 9.30 Å². The summed E-state index contributed by atoms with van der Waals surface area (Å²) < 4.78 is 80.3. The van der Waals surface area contributed by atoms with Crippen molar-refractivity contribution in [2.45, 2.75) is 19.4 Å². The van der Waals surface area contributed by atoms with Gasteiger partial charge in [0, 0.05) is 21.2 Å². The number of hydrogen-bond acceptors (Lipinski definition) is 4. The first-order chi connectivity index (χ1) is 11.2. The Hall–Kier alpha value is -1.53. The fourth-order valence-corrected chi connectivity index (χ4v) is 1.96. The van der Waals surface area contributed by atoms with Gasteiger partial charge in [-0.2, -0.15) is 8.42 Å². The summed E-state index contributed by atoms with van der Waals surface area (Å²) in [5.74, 6) is 0.506. The molecule has 1 aromatic heterocycles. The van der Waals surface area contributed by atoms with Crippen molar-refractivity contribution in [3.8, 4) is 5.75 Å². The first-order valence-electron chi connectivity index (χ1n) is 8.29. The number of aromatic nitrogens is 1. The van der Waals surface area contributed by atoms with E-state index < -0.39 is 29.5 Å². The van der Waals surface area contributed by atoms with Crippen LogP contribution in [0.2, 0.25) is 0 Å². The van der Waals surface area contributed by atoms with Crippen LogP contribution in [0.3, 0.4) is 0 Å². The minimum absolute atomic E-state index is 0.253. The van der Waals surface area contributed by atoms with Crippen LogP contribution >= 0.6 is 0 Å². The molecular formula is C13H17NO4S. The Morgan fingerprint density at radius 2 is 2.32 bits per heavy atom. The highest BCUT2D eigenvalue weighted by molar-refractivity contribution is 7.86. The smallest absolute Gasteiger partial charge is 0.264 e. The summed E-state index contributed by atoms with van der Waals surface area (Å²) in [6.07, 6.45) is -1.60. The van der Waals surface area contributed by atoms with Gasteiger partial charge >= 0.3 is 0 Å². The number of benzene rings is 1. The lowest BCUT2D eigenvalue weighted by molar-refractivity contribution is 0.211. The molecule has 2 rings (SSSR count). The van der Waals surface area contributed by atoms with Crippen molar-refractivity contribution in [2.24, 2.45) is 0 Å². The Bertz CT molecular complexity index is 892. The maximum atomic E-state index is 11.5. The van der Waals surface area contributed by atoms with Gasteiger partial charge in [-0.15, -0.1) is 0 Å². The molecule has 104 valence electrons. The first-order valence-corrected chi connectivity index (χ1v) is 7.11. The van der Waals surface area contributed by atoms with Gasteiger partial charge in [-0.1, -0.05) is 0 Å².